The Kier molecular flexibility index (Phi) is 1.47. The smallest absolute Gasteiger partial charge is 0.0530 e. The molecule has 0 radical (unpaired) electrons. The van der Waals surface area contributed by atoms with Gasteiger partial charge in [-0.1, -0.05) is 20.8 Å². The molecule has 0 spiro atoms. The lowest BCUT2D eigenvalue weighted by Gasteiger charge is -2.17. The summed E-state index contributed by atoms with van der Waals surface area (Å²) < 4.78 is 0. The van der Waals surface area contributed by atoms with Crippen molar-refractivity contribution in [1.82, 2.24) is 4.98 Å². The first-order valence-corrected chi connectivity index (χ1v) is 3.45. The van der Waals surface area contributed by atoms with Crippen molar-refractivity contribution < 1.29 is 0 Å². The first-order valence-electron chi connectivity index (χ1n) is 3.45. The summed E-state index contributed by atoms with van der Waals surface area (Å²) in [6.07, 6.45) is 1.87. The Morgan fingerprint density at radius 2 is 2.00 bits per heavy atom. The highest BCUT2D eigenvalue weighted by atomic mass is 14.8. The maximum absolute atomic E-state index is 5.70. The van der Waals surface area contributed by atoms with Crippen LogP contribution < -0.4 is 5.73 Å². The lowest BCUT2D eigenvalue weighted by molar-refractivity contribution is 0.575. The molecular weight excluding hydrogens is 124 g/mol. The van der Waals surface area contributed by atoms with Crippen LogP contribution in [0.15, 0.2) is 12.3 Å². The molecule has 3 N–H and O–H groups in total. The first-order chi connectivity index (χ1) is 4.52. The molecule has 0 aliphatic heterocycles. The van der Waals surface area contributed by atoms with E-state index >= 15 is 0 Å². The largest absolute Gasteiger partial charge is 0.397 e. The van der Waals surface area contributed by atoms with Crippen molar-refractivity contribution in [2.24, 2.45) is 0 Å². The van der Waals surface area contributed by atoms with Crippen molar-refractivity contribution in [3.05, 3.63) is 18.0 Å². The van der Waals surface area contributed by atoms with E-state index in [-0.39, 0.29) is 5.41 Å². The Balaban J connectivity index is 3.05. The minimum atomic E-state index is 0.133. The van der Waals surface area contributed by atoms with Crippen molar-refractivity contribution in [2.45, 2.75) is 26.2 Å². The Hall–Kier alpha value is -0.920. The molecule has 1 aromatic heterocycles. The van der Waals surface area contributed by atoms with Gasteiger partial charge in [0, 0.05) is 17.3 Å². The fourth-order valence-electron chi connectivity index (χ4n) is 1.03. The summed E-state index contributed by atoms with van der Waals surface area (Å²) in [6, 6.07) is 1.89. The molecule has 0 saturated heterocycles. The Morgan fingerprint density at radius 1 is 1.40 bits per heavy atom. The summed E-state index contributed by atoms with van der Waals surface area (Å²) in [6.45, 7) is 6.40. The molecule has 0 aliphatic rings. The lowest BCUT2D eigenvalue weighted by atomic mass is 9.92. The van der Waals surface area contributed by atoms with Crippen LogP contribution in [-0.2, 0) is 5.41 Å². The van der Waals surface area contributed by atoms with Crippen molar-refractivity contribution in [3.8, 4) is 0 Å². The van der Waals surface area contributed by atoms with Crippen molar-refractivity contribution in [2.75, 3.05) is 5.73 Å². The van der Waals surface area contributed by atoms with Gasteiger partial charge >= 0.3 is 0 Å². The normalized spacial score (nSPS) is 11.9. The molecule has 2 heteroatoms. The number of rotatable bonds is 0. The van der Waals surface area contributed by atoms with E-state index in [0.29, 0.717) is 0 Å². The molecule has 0 aliphatic carbocycles. The Bertz CT molecular complexity index is 217. The summed E-state index contributed by atoms with van der Waals surface area (Å²) in [5, 5.41) is 0. The zero-order valence-corrected chi connectivity index (χ0v) is 6.73. The number of aromatic amines is 1. The number of hydrogen-bond donors (Lipinski definition) is 2. The molecule has 2 nitrogen and oxygen atoms in total. The summed E-state index contributed by atoms with van der Waals surface area (Å²) in [7, 11) is 0. The van der Waals surface area contributed by atoms with Gasteiger partial charge in [-0.15, -0.1) is 0 Å². The summed E-state index contributed by atoms with van der Waals surface area (Å²) in [5.74, 6) is 0. The van der Waals surface area contributed by atoms with E-state index in [9.17, 15) is 0 Å². The minimum Gasteiger partial charge on any atom is -0.397 e. The van der Waals surface area contributed by atoms with Crippen LogP contribution in [0, 0.1) is 0 Å². The number of H-pyrrole nitrogens is 1. The molecule has 0 amide bonds. The standard InChI is InChI=1S/C8H14N2/c1-8(2,3)7-6(9)4-5-10-7/h4-5,10H,9H2,1-3H3. The molecule has 0 atom stereocenters. The minimum absolute atomic E-state index is 0.133. The third-order valence-corrected chi connectivity index (χ3v) is 1.53. The molecule has 56 valence electrons. The monoisotopic (exact) mass is 138 g/mol. The van der Waals surface area contributed by atoms with E-state index in [1.807, 2.05) is 12.3 Å². The predicted molar refractivity (Wildman–Crippen MR) is 43.9 cm³/mol. The molecule has 0 bridgehead atoms. The third kappa shape index (κ3) is 1.15. The van der Waals surface area contributed by atoms with E-state index in [0.717, 1.165) is 11.4 Å². The predicted octanol–water partition coefficient (Wildman–Crippen LogP) is 1.89. The van der Waals surface area contributed by atoms with E-state index in [4.69, 9.17) is 5.73 Å². The van der Waals surface area contributed by atoms with Gasteiger partial charge in [-0.3, -0.25) is 0 Å². The summed E-state index contributed by atoms with van der Waals surface area (Å²) in [5.41, 5.74) is 7.80. The molecule has 1 aromatic rings. The Labute approximate surface area is 61.4 Å². The van der Waals surface area contributed by atoms with E-state index in [1.165, 1.54) is 0 Å². The van der Waals surface area contributed by atoms with Crippen molar-refractivity contribution in [1.29, 1.82) is 0 Å². The van der Waals surface area contributed by atoms with Crippen LogP contribution >= 0.6 is 0 Å². The molecule has 0 unspecified atom stereocenters. The second-order valence-corrected chi connectivity index (χ2v) is 3.56. The topological polar surface area (TPSA) is 41.8 Å². The van der Waals surface area contributed by atoms with Gasteiger partial charge < -0.3 is 10.7 Å². The highest BCUT2D eigenvalue weighted by molar-refractivity contribution is 5.46. The van der Waals surface area contributed by atoms with E-state index < -0.39 is 0 Å². The molecule has 10 heavy (non-hydrogen) atoms. The quantitative estimate of drug-likeness (QED) is 0.564. The second-order valence-electron chi connectivity index (χ2n) is 3.56. The lowest BCUT2D eigenvalue weighted by Crippen LogP contribution is -2.13. The van der Waals surface area contributed by atoms with Gasteiger partial charge in [0.1, 0.15) is 0 Å². The SMILES string of the molecule is CC(C)(C)c1[nH]ccc1N. The molecule has 0 saturated carbocycles. The molecule has 1 heterocycles. The van der Waals surface area contributed by atoms with Crippen LogP contribution in [0.3, 0.4) is 0 Å². The highest BCUT2D eigenvalue weighted by Crippen LogP contribution is 2.25. The average molecular weight is 138 g/mol. The summed E-state index contributed by atoms with van der Waals surface area (Å²) in [4.78, 5) is 3.12. The van der Waals surface area contributed by atoms with Gasteiger partial charge in [-0.2, -0.15) is 0 Å². The number of nitrogens with two attached hydrogens (primary N) is 1. The van der Waals surface area contributed by atoms with Gasteiger partial charge in [0.05, 0.1) is 5.69 Å². The van der Waals surface area contributed by atoms with Gasteiger partial charge in [0.15, 0.2) is 0 Å². The van der Waals surface area contributed by atoms with E-state index in [1.54, 1.807) is 0 Å². The second kappa shape index (κ2) is 2.04. The Morgan fingerprint density at radius 3 is 2.20 bits per heavy atom. The van der Waals surface area contributed by atoms with Crippen LogP contribution in [0.4, 0.5) is 5.69 Å². The number of nitrogen functional groups attached to an aromatic ring is 1. The highest BCUT2D eigenvalue weighted by Gasteiger charge is 2.16. The first kappa shape index (κ1) is 7.19. The zero-order chi connectivity index (χ0) is 7.78. The average Bonchev–Trinajstić information content (AvgIpc) is 2.11. The van der Waals surface area contributed by atoms with Crippen molar-refractivity contribution >= 4 is 5.69 Å². The van der Waals surface area contributed by atoms with Gasteiger partial charge in [0.25, 0.3) is 0 Å². The van der Waals surface area contributed by atoms with Crippen molar-refractivity contribution in [3.63, 3.8) is 0 Å². The maximum Gasteiger partial charge on any atom is 0.0530 e. The van der Waals surface area contributed by atoms with Crippen LogP contribution in [0.2, 0.25) is 0 Å². The van der Waals surface area contributed by atoms with Crippen LogP contribution in [0.5, 0.6) is 0 Å². The molecule has 1 rings (SSSR count). The maximum atomic E-state index is 5.70. The molecular formula is C8H14N2. The number of aromatic nitrogens is 1. The number of hydrogen-bond acceptors (Lipinski definition) is 1. The van der Waals surface area contributed by atoms with Gasteiger partial charge in [0.2, 0.25) is 0 Å². The van der Waals surface area contributed by atoms with Crippen LogP contribution in [-0.4, -0.2) is 4.98 Å². The fourth-order valence-corrected chi connectivity index (χ4v) is 1.03. The van der Waals surface area contributed by atoms with Gasteiger partial charge in [-0.25, -0.2) is 0 Å². The van der Waals surface area contributed by atoms with E-state index in [2.05, 4.69) is 25.8 Å². The van der Waals surface area contributed by atoms with Crippen LogP contribution in [0.25, 0.3) is 0 Å². The number of anilines is 1. The zero-order valence-electron chi connectivity index (χ0n) is 6.73. The summed E-state index contributed by atoms with van der Waals surface area (Å²) >= 11 is 0. The fraction of sp³-hybridized carbons (Fsp3) is 0.500. The number of nitrogens with one attached hydrogen (secondary N) is 1. The molecule has 0 fully saturated rings. The third-order valence-electron chi connectivity index (χ3n) is 1.53. The molecule has 0 aromatic carbocycles. The van der Waals surface area contributed by atoms with Gasteiger partial charge in [-0.05, 0) is 6.07 Å². The van der Waals surface area contributed by atoms with Crippen LogP contribution in [0.1, 0.15) is 26.5 Å².